The van der Waals surface area contributed by atoms with E-state index in [1.165, 1.54) is 0 Å². The fraction of sp³-hybridized carbons (Fsp3) is 0.909. The predicted octanol–water partition coefficient (Wildman–Crippen LogP) is 12.5. The second-order valence-corrected chi connectivity index (χ2v) is 19.7. The molecule has 0 heterocycles. The molecule has 0 nitrogen and oxygen atoms in total. The first-order valence-electron chi connectivity index (χ1n) is 6.72. The van der Waals surface area contributed by atoms with Crippen molar-refractivity contribution in [2.75, 3.05) is 0 Å². The maximum atomic E-state index is 6.32. The molecule has 0 spiro atoms. The Morgan fingerprint density at radius 2 is 0.375 bits per heavy atom. The fourth-order valence-electron chi connectivity index (χ4n) is 2.05. The van der Waals surface area contributed by atoms with Gasteiger partial charge in [-0.2, -0.15) is 0 Å². The van der Waals surface area contributed by atoms with Gasteiger partial charge >= 0.3 is 0 Å². The van der Waals surface area contributed by atoms with Crippen molar-refractivity contribution in [3.8, 4) is 0 Å². The summed E-state index contributed by atoms with van der Waals surface area (Å²) >= 11 is 132. The quantitative estimate of drug-likeness (QED) is 0.213. The Morgan fingerprint density at radius 1 is 0.250 bits per heavy atom. The second-order valence-electron chi connectivity index (χ2n) is 6.06. The molecule has 0 N–H and O–H groups in total. The Kier molecular flexibility index (Phi) is 11.4. The van der Waals surface area contributed by atoms with Crippen LogP contribution >= 0.6 is 244 Å². The number of alkyl halides is 20. The molecule has 0 aliphatic heterocycles. The molecule has 0 amide bonds. The molecule has 1 aliphatic rings. The smallest absolute Gasteiger partial charge is 0.110 e. The zero-order chi connectivity index (χ0) is 26.6. The van der Waals surface area contributed by atoms with Gasteiger partial charge in [0.15, 0.2) is 43.3 Å². The van der Waals surface area contributed by atoms with Crippen molar-refractivity contribution in [3.05, 3.63) is 5.38 Å². The standard InChI is InChI=1S/C11Cl21/c12-1-2(13,14)4(17,18)6(21,22)8(25,26)10(29,30)11(31,32)9(27,28)7(23,24)5(19,20)3(1,15)16. The van der Waals surface area contributed by atoms with E-state index in [9.17, 15) is 0 Å². The summed E-state index contributed by atoms with van der Waals surface area (Å²) < 4.78 is -30.7. The molecular formula is C11Cl21. The number of halogens is 21. The molecule has 32 heavy (non-hydrogen) atoms. The molecule has 0 unspecified atom stereocenters. The topological polar surface area (TPSA) is 0 Å². The molecule has 0 aromatic heterocycles. The summed E-state index contributed by atoms with van der Waals surface area (Å²) in [7, 11) is 0. The van der Waals surface area contributed by atoms with Crippen LogP contribution in [0.25, 0.3) is 0 Å². The van der Waals surface area contributed by atoms with Gasteiger partial charge in [-0.1, -0.05) is 232 Å². The molecule has 1 radical (unpaired) electrons. The van der Waals surface area contributed by atoms with Crippen molar-refractivity contribution in [3.63, 3.8) is 0 Å². The van der Waals surface area contributed by atoms with Crippen LogP contribution in [0.2, 0.25) is 0 Å². The van der Waals surface area contributed by atoms with Gasteiger partial charge in [0.1, 0.15) is 5.38 Å². The molecule has 21 heteroatoms. The number of hydrogen-bond acceptors (Lipinski definition) is 0. The monoisotopic (exact) mass is 866 g/mol. The lowest BCUT2D eigenvalue weighted by Gasteiger charge is -2.54. The molecule has 0 atom stereocenters. The van der Waals surface area contributed by atoms with Gasteiger partial charge < -0.3 is 0 Å². The molecule has 1 saturated carbocycles. The second kappa shape index (κ2) is 10.1. The van der Waals surface area contributed by atoms with Crippen molar-refractivity contribution < 1.29 is 0 Å². The van der Waals surface area contributed by atoms with Gasteiger partial charge in [-0.15, -0.1) is 11.6 Å². The molecule has 1 fully saturated rings. The largest absolute Gasteiger partial charge is 0.189 e. The van der Waals surface area contributed by atoms with Crippen molar-refractivity contribution in [1.82, 2.24) is 0 Å². The third kappa shape index (κ3) is 4.53. The molecule has 0 aromatic rings. The minimum Gasteiger partial charge on any atom is -0.110 e. The average molecular weight is 877 g/mol. The third-order valence-electron chi connectivity index (χ3n) is 4.10. The first-order chi connectivity index (χ1) is 13.4. The third-order valence-corrected chi connectivity index (χ3v) is 19.5. The predicted molar refractivity (Wildman–Crippen MR) is 153 cm³/mol. The molecule has 0 aromatic carbocycles. The minimum atomic E-state index is -3.13. The van der Waals surface area contributed by atoms with Crippen LogP contribution in [0.15, 0.2) is 0 Å². The molecule has 1 rings (SSSR count). The SMILES string of the molecule is Cl[C]1C(Cl)(Cl)C(Cl)(Cl)C(Cl)(Cl)C(Cl)(Cl)C(Cl)(Cl)C(Cl)(Cl)C(Cl)(Cl)C(Cl)(Cl)C(Cl)(Cl)C1(Cl)Cl. The van der Waals surface area contributed by atoms with Crippen LogP contribution in [0.3, 0.4) is 0 Å². The summed E-state index contributed by atoms with van der Waals surface area (Å²) in [5.74, 6) is 0. The molecule has 1 aliphatic carbocycles. The van der Waals surface area contributed by atoms with Crippen molar-refractivity contribution >= 4 is 244 Å². The van der Waals surface area contributed by atoms with Gasteiger partial charge in [0.25, 0.3) is 0 Å². The first kappa shape index (κ1) is 36.1. The highest BCUT2D eigenvalue weighted by Gasteiger charge is 2.86. The van der Waals surface area contributed by atoms with Crippen LogP contribution in [0.4, 0.5) is 0 Å². The van der Waals surface area contributed by atoms with Gasteiger partial charge in [0, 0.05) is 0 Å². The fourth-order valence-corrected chi connectivity index (χ4v) is 9.75. The van der Waals surface area contributed by atoms with Crippen molar-refractivity contribution in [1.29, 1.82) is 0 Å². The number of hydrogen-bond donors (Lipinski definition) is 0. The van der Waals surface area contributed by atoms with E-state index in [4.69, 9.17) is 244 Å². The lowest BCUT2D eigenvalue weighted by atomic mass is 10.0. The zero-order valence-corrected chi connectivity index (χ0v) is 29.3. The van der Waals surface area contributed by atoms with Crippen molar-refractivity contribution in [2.24, 2.45) is 0 Å². The molecule has 191 valence electrons. The summed E-state index contributed by atoms with van der Waals surface area (Å²) in [6.45, 7) is 0. The van der Waals surface area contributed by atoms with Gasteiger partial charge in [-0.05, 0) is 0 Å². The van der Waals surface area contributed by atoms with Gasteiger partial charge in [0.2, 0.25) is 0 Å². The van der Waals surface area contributed by atoms with E-state index in [1.54, 1.807) is 0 Å². The Balaban J connectivity index is 4.38. The summed E-state index contributed by atoms with van der Waals surface area (Å²) in [5.41, 5.74) is 0. The molecule has 0 bridgehead atoms. The van der Waals surface area contributed by atoms with Crippen LogP contribution in [-0.2, 0) is 0 Å². The van der Waals surface area contributed by atoms with Crippen LogP contribution < -0.4 is 0 Å². The summed E-state index contributed by atoms with van der Waals surface area (Å²) in [4.78, 5) is 0. The van der Waals surface area contributed by atoms with Crippen LogP contribution in [-0.4, -0.2) is 43.3 Å². The maximum Gasteiger partial charge on any atom is 0.189 e. The summed E-state index contributed by atoms with van der Waals surface area (Å²) in [6, 6.07) is 0. The Hall–Kier alpha value is 6.09. The van der Waals surface area contributed by atoms with Crippen molar-refractivity contribution in [2.45, 2.75) is 43.3 Å². The van der Waals surface area contributed by atoms with Gasteiger partial charge in [-0.3, -0.25) is 0 Å². The summed E-state index contributed by atoms with van der Waals surface area (Å²) in [6.07, 6.45) is 0. The van der Waals surface area contributed by atoms with Crippen LogP contribution in [0.5, 0.6) is 0 Å². The first-order valence-corrected chi connectivity index (χ1v) is 14.7. The highest BCUT2D eigenvalue weighted by molar-refractivity contribution is 6.83. The van der Waals surface area contributed by atoms with E-state index in [1.807, 2.05) is 0 Å². The van der Waals surface area contributed by atoms with E-state index in [-0.39, 0.29) is 0 Å². The van der Waals surface area contributed by atoms with E-state index >= 15 is 0 Å². The Bertz CT molecular complexity index is 681. The van der Waals surface area contributed by atoms with Crippen LogP contribution in [0, 0.1) is 5.38 Å². The molecular weight excluding hydrogens is 877 g/mol. The summed E-state index contributed by atoms with van der Waals surface area (Å²) in [5, 5.41) is -1.09. The Morgan fingerprint density at radius 3 is 0.531 bits per heavy atom. The van der Waals surface area contributed by atoms with E-state index < -0.39 is 48.7 Å². The average Bonchev–Trinajstić information content (AvgIpc) is 2.58. The zero-order valence-electron chi connectivity index (χ0n) is 13.4. The Labute approximate surface area is 288 Å². The highest BCUT2D eigenvalue weighted by atomic mass is 35.6. The minimum absolute atomic E-state index is 1.09. The van der Waals surface area contributed by atoms with Crippen LogP contribution in [0.1, 0.15) is 0 Å². The van der Waals surface area contributed by atoms with E-state index in [0.717, 1.165) is 0 Å². The lowest BCUT2D eigenvalue weighted by Crippen LogP contribution is -2.71. The number of rotatable bonds is 0. The van der Waals surface area contributed by atoms with Gasteiger partial charge in [-0.25, -0.2) is 0 Å². The van der Waals surface area contributed by atoms with E-state index in [2.05, 4.69) is 0 Å². The van der Waals surface area contributed by atoms with E-state index in [0.29, 0.717) is 0 Å². The van der Waals surface area contributed by atoms with Gasteiger partial charge in [0.05, 0.1) is 0 Å². The normalized spacial score (nSPS) is 33.7. The highest BCUT2D eigenvalue weighted by Crippen LogP contribution is 2.77. The lowest BCUT2D eigenvalue weighted by molar-refractivity contribution is 0.444. The maximum absolute atomic E-state index is 6.32. The molecule has 0 saturated heterocycles.